The highest BCUT2D eigenvalue weighted by Crippen LogP contribution is 2.42. The van der Waals surface area contributed by atoms with E-state index in [0.717, 1.165) is 5.56 Å². The molecular formula is C22H22N2O4S. The topological polar surface area (TPSA) is 67.9 Å². The van der Waals surface area contributed by atoms with Crippen LogP contribution in [-0.4, -0.2) is 26.9 Å². The lowest BCUT2D eigenvalue weighted by atomic mass is 10.1. The molecular weight excluding hydrogens is 388 g/mol. The lowest BCUT2D eigenvalue weighted by Crippen LogP contribution is -2.42. The van der Waals surface area contributed by atoms with E-state index in [1.54, 1.807) is 44.6 Å². The van der Waals surface area contributed by atoms with E-state index in [2.05, 4.69) is 5.32 Å². The Morgan fingerprint density at radius 1 is 0.931 bits per heavy atom. The van der Waals surface area contributed by atoms with Gasteiger partial charge in [0.1, 0.15) is 22.6 Å². The molecule has 29 heavy (non-hydrogen) atoms. The maximum atomic E-state index is 13.5. The molecule has 0 fully saturated rings. The fraction of sp³-hybridized carbons (Fsp3) is 0.182. The number of anilines is 1. The molecule has 0 bridgehead atoms. The highest BCUT2D eigenvalue weighted by molar-refractivity contribution is 7.89. The minimum atomic E-state index is -3.73. The Balaban J connectivity index is 1.86. The van der Waals surface area contributed by atoms with Crippen LogP contribution in [-0.2, 0) is 16.6 Å². The average Bonchev–Trinajstić information content (AvgIpc) is 2.76. The number of methoxy groups -OCH3 is 2. The summed E-state index contributed by atoms with van der Waals surface area (Å²) in [7, 11) is -0.595. The summed E-state index contributed by atoms with van der Waals surface area (Å²) in [6.07, 6.45) is -0.629. The summed E-state index contributed by atoms with van der Waals surface area (Å²) in [4.78, 5) is 0.264. The van der Waals surface area contributed by atoms with Crippen LogP contribution in [0.5, 0.6) is 11.5 Å². The number of ether oxygens (including phenoxy) is 2. The largest absolute Gasteiger partial charge is 0.497 e. The standard InChI is InChI=1S/C22H22N2O4S/c1-27-17-12-13-18(20(14-17)28-2)22-23-19-10-6-7-11-21(19)29(25,26)24(22)15-16-8-4-3-5-9-16/h3-14,22-23H,15H2,1-2H3. The number of rotatable bonds is 5. The molecule has 0 saturated carbocycles. The molecule has 3 aromatic carbocycles. The Labute approximate surface area is 170 Å². The van der Waals surface area contributed by atoms with Crippen molar-refractivity contribution in [1.29, 1.82) is 0 Å². The molecule has 1 atom stereocenters. The van der Waals surface area contributed by atoms with E-state index < -0.39 is 16.2 Å². The molecule has 0 amide bonds. The van der Waals surface area contributed by atoms with Crippen LogP contribution in [0.2, 0.25) is 0 Å². The van der Waals surface area contributed by atoms with Gasteiger partial charge >= 0.3 is 0 Å². The molecule has 0 spiro atoms. The predicted molar refractivity (Wildman–Crippen MR) is 112 cm³/mol. The van der Waals surface area contributed by atoms with E-state index in [1.165, 1.54) is 4.31 Å². The zero-order valence-corrected chi connectivity index (χ0v) is 17.0. The lowest BCUT2D eigenvalue weighted by Gasteiger charge is -2.38. The van der Waals surface area contributed by atoms with Gasteiger partial charge in [-0.1, -0.05) is 42.5 Å². The van der Waals surface area contributed by atoms with Crippen molar-refractivity contribution in [3.05, 3.63) is 83.9 Å². The van der Waals surface area contributed by atoms with Gasteiger partial charge in [-0.2, -0.15) is 4.31 Å². The van der Waals surface area contributed by atoms with Crippen molar-refractivity contribution in [2.45, 2.75) is 17.6 Å². The Kier molecular flexibility index (Phi) is 5.17. The Hall–Kier alpha value is -3.03. The van der Waals surface area contributed by atoms with Gasteiger partial charge in [-0.15, -0.1) is 0 Å². The molecule has 3 aromatic rings. The highest BCUT2D eigenvalue weighted by atomic mass is 32.2. The monoisotopic (exact) mass is 410 g/mol. The normalized spacial score (nSPS) is 17.8. The van der Waals surface area contributed by atoms with Gasteiger partial charge in [0.15, 0.2) is 0 Å². The lowest BCUT2D eigenvalue weighted by molar-refractivity contribution is 0.322. The SMILES string of the molecule is COc1ccc(C2Nc3ccccc3S(=O)(=O)N2Cc2ccccc2)c(OC)c1. The van der Waals surface area contributed by atoms with Gasteiger partial charge in [-0.3, -0.25) is 0 Å². The first-order chi connectivity index (χ1) is 14.0. The molecule has 0 radical (unpaired) electrons. The summed E-state index contributed by atoms with van der Waals surface area (Å²) in [5.74, 6) is 1.19. The molecule has 1 heterocycles. The molecule has 0 aliphatic carbocycles. The maximum absolute atomic E-state index is 13.5. The molecule has 1 aliphatic heterocycles. The third kappa shape index (κ3) is 3.54. The zero-order valence-electron chi connectivity index (χ0n) is 16.2. The Morgan fingerprint density at radius 3 is 2.38 bits per heavy atom. The molecule has 1 aliphatic rings. The second-order valence-corrected chi connectivity index (χ2v) is 8.55. The van der Waals surface area contributed by atoms with Crippen molar-refractivity contribution >= 4 is 15.7 Å². The van der Waals surface area contributed by atoms with Gasteiger partial charge in [0.2, 0.25) is 10.0 Å². The van der Waals surface area contributed by atoms with Crippen molar-refractivity contribution in [1.82, 2.24) is 4.31 Å². The first kappa shape index (κ1) is 19.3. The first-order valence-corrected chi connectivity index (χ1v) is 10.6. The summed E-state index contributed by atoms with van der Waals surface area (Å²) in [5, 5.41) is 3.38. The highest BCUT2D eigenvalue weighted by Gasteiger charge is 2.40. The van der Waals surface area contributed by atoms with E-state index in [4.69, 9.17) is 9.47 Å². The number of benzene rings is 3. The van der Waals surface area contributed by atoms with Gasteiger partial charge < -0.3 is 14.8 Å². The third-order valence-corrected chi connectivity index (χ3v) is 6.84. The first-order valence-electron chi connectivity index (χ1n) is 9.18. The second-order valence-electron chi connectivity index (χ2n) is 6.69. The van der Waals surface area contributed by atoms with Crippen LogP contribution < -0.4 is 14.8 Å². The smallest absolute Gasteiger partial charge is 0.247 e. The fourth-order valence-corrected chi connectivity index (χ4v) is 5.18. The van der Waals surface area contributed by atoms with Crippen molar-refractivity contribution in [2.24, 2.45) is 0 Å². The molecule has 0 aromatic heterocycles. The van der Waals surface area contributed by atoms with E-state index >= 15 is 0 Å². The summed E-state index contributed by atoms with van der Waals surface area (Å²) in [5.41, 5.74) is 2.18. The summed E-state index contributed by atoms with van der Waals surface area (Å²) >= 11 is 0. The number of hydrogen-bond acceptors (Lipinski definition) is 5. The number of hydrogen-bond donors (Lipinski definition) is 1. The summed E-state index contributed by atoms with van der Waals surface area (Å²) in [6, 6.07) is 21.9. The van der Waals surface area contributed by atoms with Crippen LogP contribution in [0.1, 0.15) is 17.3 Å². The van der Waals surface area contributed by atoms with Gasteiger partial charge in [0.25, 0.3) is 0 Å². The number of nitrogens with one attached hydrogen (secondary N) is 1. The van der Waals surface area contributed by atoms with Crippen molar-refractivity contribution in [3.63, 3.8) is 0 Å². The molecule has 7 heteroatoms. The minimum Gasteiger partial charge on any atom is -0.497 e. The van der Waals surface area contributed by atoms with Crippen LogP contribution in [0, 0.1) is 0 Å². The van der Waals surface area contributed by atoms with E-state index in [9.17, 15) is 8.42 Å². The van der Waals surface area contributed by atoms with Gasteiger partial charge in [0, 0.05) is 18.2 Å². The second kappa shape index (κ2) is 7.77. The predicted octanol–water partition coefficient (Wildman–Crippen LogP) is 4.02. The Morgan fingerprint density at radius 2 is 1.66 bits per heavy atom. The summed E-state index contributed by atoms with van der Waals surface area (Å²) < 4.78 is 39.4. The zero-order chi connectivity index (χ0) is 20.4. The van der Waals surface area contributed by atoms with Crippen LogP contribution in [0.3, 0.4) is 0 Å². The minimum absolute atomic E-state index is 0.227. The van der Waals surface area contributed by atoms with E-state index in [1.807, 2.05) is 42.5 Å². The maximum Gasteiger partial charge on any atom is 0.247 e. The molecule has 4 rings (SSSR count). The quantitative estimate of drug-likeness (QED) is 0.688. The fourth-order valence-electron chi connectivity index (χ4n) is 3.51. The van der Waals surface area contributed by atoms with Gasteiger partial charge in [-0.25, -0.2) is 8.42 Å². The van der Waals surface area contributed by atoms with Gasteiger partial charge in [-0.05, 0) is 29.8 Å². The third-order valence-electron chi connectivity index (χ3n) is 4.97. The molecule has 150 valence electrons. The number of fused-ring (bicyclic) bond motifs is 1. The van der Waals surface area contributed by atoms with Crippen molar-refractivity contribution in [3.8, 4) is 11.5 Å². The van der Waals surface area contributed by atoms with Crippen molar-refractivity contribution in [2.75, 3.05) is 19.5 Å². The van der Waals surface area contributed by atoms with Gasteiger partial charge in [0.05, 0.1) is 19.9 Å². The van der Waals surface area contributed by atoms with Crippen LogP contribution in [0.25, 0.3) is 0 Å². The van der Waals surface area contributed by atoms with Crippen LogP contribution in [0.4, 0.5) is 5.69 Å². The average molecular weight is 410 g/mol. The number of sulfonamides is 1. The van der Waals surface area contributed by atoms with Crippen LogP contribution >= 0.6 is 0 Å². The molecule has 6 nitrogen and oxygen atoms in total. The number of nitrogens with zero attached hydrogens (tertiary/aromatic N) is 1. The number of para-hydroxylation sites is 1. The van der Waals surface area contributed by atoms with Crippen molar-refractivity contribution < 1.29 is 17.9 Å². The van der Waals surface area contributed by atoms with E-state index in [-0.39, 0.29) is 11.4 Å². The molecule has 0 saturated heterocycles. The molecule has 1 N–H and O–H groups in total. The molecule has 1 unspecified atom stereocenters. The summed E-state index contributed by atoms with van der Waals surface area (Å²) in [6.45, 7) is 0.227. The Bertz CT molecular complexity index is 1120. The van der Waals surface area contributed by atoms with E-state index in [0.29, 0.717) is 22.7 Å². The van der Waals surface area contributed by atoms with Crippen LogP contribution in [0.15, 0.2) is 77.7 Å².